The summed E-state index contributed by atoms with van der Waals surface area (Å²) in [5, 5.41) is 9.79. The number of hydrogen-bond acceptors (Lipinski definition) is 2. The zero-order valence-electron chi connectivity index (χ0n) is 12.4. The van der Waals surface area contributed by atoms with E-state index in [1.54, 1.807) is 0 Å². The van der Waals surface area contributed by atoms with Gasteiger partial charge >= 0.3 is 0 Å². The molecule has 2 atom stereocenters. The van der Waals surface area contributed by atoms with Gasteiger partial charge in [-0.15, -0.1) is 0 Å². The second kappa shape index (κ2) is 6.19. The number of hydrogen-bond donors (Lipinski definition) is 1. The SMILES string of the molecule is CC(C)C1CCCN(CC(C)(C)C(C)O)CC1. The normalized spacial score (nSPS) is 25.9. The van der Waals surface area contributed by atoms with Gasteiger partial charge in [0.25, 0.3) is 0 Å². The molecule has 0 aromatic heterocycles. The average Bonchev–Trinajstić information content (AvgIpc) is 2.42. The summed E-state index contributed by atoms with van der Waals surface area (Å²) in [4.78, 5) is 2.55. The van der Waals surface area contributed by atoms with Crippen molar-refractivity contribution in [3.63, 3.8) is 0 Å². The summed E-state index contributed by atoms with van der Waals surface area (Å²) in [6.45, 7) is 14.4. The van der Waals surface area contributed by atoms with Crippen LogP contribution in [0.5, 0.6) is 0 Å². The van der Waals surface area contributed by atoms with Crippen molar-refractivity contribution in [2.45, 2.75) is 60.0 Å². The molecule has 1 aliphatic rings. The molecule has 0 saturated carbocycles. The van der Waals surface area contributed by atoms with E-state index in [-0.39, 0.29) is 11.5 Å². The minimum atomic E-state index is -0.230. The van der Waals surface area contributed by atoms with Crippen molar-refractivity contribution >= 4 is 0 Å². The fourth-order valence-corrected chi connectivity index (χ4v) is 2.71. The third-order valence-electron chi connectivity index (χ3n) is 4.57. The first-order valence-electron chi connectivity index (χ1n) is 7.23. The van der Waals surface area contributed by atoms with Crippen LogP contribution in [-0.4, -0.2) is 35.7 Å². The van der Waals surface area contributed by atoms with Crippen molar-refractivity contribution in [3.05, 3.63) is 0 Å². The molecule has 0 bridgehead atoms. The van der Waals surface area contributed by atoms with Crippen LogP contribution in [0.4, 0.5) is 0 Å². The van der Waals surface area contributed by atoms with Crippen LogP contribution >= 0.6 is 0 Å². The Morgan fingerprint density at radius 3 is 2.35 bits per heavy atom. The van der Waals surface area contributed by atoms with Crippen LogP contribution in [-0.2, 0) is 0 Å². The molecule has 2 unspecified atom stereocenters. The molecule has 2 nitrogen and oxygen atoms in total. The fraction of sp³-hybridized carbons (Fsp3) is 1.00. The quantitative estimate of drug-likeness (QED) is 0.817. The molecule has 0 aliphatic carbocycles. The lowest BCUT2D eigenvalue weighted by Crippen LogP contribution is -2.40. The molecule has 2 heteroatoms. The van der Waals surface area contributed by atoms with Crippen LogP contribution in [0.15, 0.2) is 0 Å². The first-order valence-corrected chi connectivity index (χ1v) is 7.23. The molecule has 1 fully saturated rings. The van der Waals surface area contributed by atoms with E-state index in [0.717, 1.165) is 18.4 Å². The summed E-state index contributed by atoms with van der Waals surface area (Å²) >= 11 is 0. The molecule has 102 valence electrons. The van der Waals surface area contributed by atoms with Crippen LogP contribution in [0.25, 0.3) is 0 Å². The molecule has 0 aromatic rings. The van der Waals surface area contributed by atoms with Crippen LogP contribution in [0.1, 0.15) is 53.9 Å². The van der Waals surface area contributed by atoms with E-state index in [4.69, 9.17) is 0 Å². The summed E-state index contributed by atoms with van der Waals surface area (Å²) in [7, 11) is 0. The number of aliphatic hydroxyl groups is 1. The highest BCUT2D eigenvalue weighted by atomic mass is 16.3. The topological polar surface area (TPSA) is 23.5 Å². The second-order valence-corrected chi connectivity index (χ2v) is 6.88. The predicted octanol–water partition coefficient (Wildman–Crippen LogP) is 3.15. The van der Waals surface area contributed by atoms with Crippen LogP contribution < -0.4 is 0 Å². The van der Waals surface area contributed by atoms with E-state index in [2.05, 4.69) is 32.6 Å². The Hall–Kier alpha value is -0.0800. The number of nitrogens with zero attached hydrogens (tertiary/aromatic N) is 1. The largest absolute Gasteiger partial charge is 0.393 e. The highest BCUT2D eigenvalue weighted by Crippen LogP contribution is 2.27. The number of likely N-dealkylation sites (tertiary alicyclic amines) is 1. The maximum atomic E-state index is 9.79. The molecule has 0 radical (unpaired) electrons. The van der Waals surface area contributed by atoms with Gasteiger partial charge in [0.1, 0.15) is 0 Å². The molecule has 1 saturated heterocycles. The Morgan fingerprint density at radius 1 is 1.18 bits per heavy atom. The second-order valence-electron chi connectivity index (χ2n) is 6.88. The zero-order valence-corrected chi connectivity index (χ0v) is 12.4. The van der Waals surface area contributed by atoms with Gasteiger partial charge in [-0.2, -0.15) is 0 Å². The van der Waals surface area contributed by atoms with Gasteiger partial charge < -0.3 is 10.0 Å². The minimum absolute atomic E-state index is 0.0116. The van der Waals surface area contributed by atoms with Crippen molar-refractivity contribution in [2.75, 3.05) is 19.6 Å². The summed E-state index contributed by atoms with van der Waals surface area (Å²) in [6, 6.07) is 0. The molecular formula is C15H31NO. The van der Waals surface area contributed by atoms with Crippen molar-refractivity contribution < 1.29 is 5.11 Å². The van der Waals surface area contributed by atoms with E-state index in [0.29, 0.717) is 0 Å². The van der Waals surface area contributed by atoms with Crippen LogP contribution in [0.2, 0.25) is 0 Å². The van der Waals surface area contributed by atoms with E-state index in [9.17, 15) is 5.11 Å². The van der Waals surface area contributed by atoms with Crippen LogP contribution in [0, 0.1) is 17.3 Å². The Balaban J connectivity index is 2.47. The molecule has 1 N–H and O–H groups in total. The van der Waals surface area contributed by atoms with Gasteiger partial charge in [0.2, 0.25) is 0 Å². The van der Waals surface area contributed by atoms with Gasteiger partial charge in [0, 0.05) is 12.0 Å². The van der Waals surface area contributed by atoms with E-state index in [1.165, 1.54) is 32.4 Å². The number of rotatable bonds is 4. The van der Waals surface area contributed by atoms with Gasteiger partial charge in [0.05, 0.1) is 6.10 Å². The Morgan fingerprint density at radius 2 is 1.82 bits per heavy atom. The smallest absolute Gasteiger partial charge is 0.0575 e. The van der Waals surface area contributed by atoms with E-state index in [1.807, 2.05) is 6.92 Å². The summed E-state index contributed by atoms with van der Waals surface area (Å²) < 4.78 is 0. The standard InChI is InChI=1S/C15H31NO/c1-12(2)14-7-6-9-16(10-8-14)11-15(4,5)13(3)17/h12-14,17H,6-11H2,1-5H3. The Labute approximate surface area is 107 Å². The molecule has 1 aliphatic heterocycles. The zero-order chi connectivity index (χ0) is 13.1. The maximum Gasteiger partial charge on any atom is 0.0575 e. The van der Waals surface area contributed by atoms with Gasteiger partial charge in [-0.05, 0) is 51.1 Å². The Kier molecular flexibility index (Phi) is 5.46. The molecule has 0 spiro atoms. The summed E-state index contributed by atoms with van der Waals surface area (Å²) in [5.41, 5.74) is 0.0116. The molecule has 17 heavy (non-hydrogen) atoms. The minimum Gasteiger partial charge on any atom is -0.393 e. The molecule has 1 rings (SSSR count). The first kappa shape index (κ1) is 15.0. The highest BCUT2D eigenvalue weighted by molar-refractivity contribution is 4.81. The van der Waals surface area contributed by atoms with E-state index >= 15 is 0 Å². The lowest BCUT2D eigenvalue weighted by Gasteiger charge is -2.34. The van der Waals surface area contributed by atoms with Crippen molar-refractivity contribution in [1.29, 1.82) is 0 Å². The van der Waals surface area contributed by atoms with Gasteiger partial charge in [-0.1, -0.05) is 27.7 Å². The molecular weight excluding hydrogens is 210 g/mol. The summed E-state index contributed by atoms with van der Waals surface area (Å²) in [6.07, 6.45) is 3.79. The van der Waals surface area contributed by atoms with Gasteiger partial charge in [-0.3, -0.25) is 0 Å². The van der Waals surface area contributed by atoms with Crippen LogP contribution in [0.3, 0.4) is 0 Å². The monoisotopic (exact) mass is 241 g/mol. The van der Waals surface area contributed by atoms with Gasteiger partial charge in [-0.25, -0.2) is 0 Å². The third-order valence-corrected chi connectivity index (χ3v) is 4.57. The van der Waals surface area contributed by atoms with E-state index < -0.39 is 0 Å². The molecule has 0 amide bonds. The van der Waals surface area contributed by atoms with Crippen molar-refractivity contribution in [1.82, 2.24) is 4.90 Å². The van der Waals surface area contributed by atoms with Crippen molar-refractivity contribution in [3.8, 4) is 0 Å². The molecule has 0 aromatic carbocycles. The summed E-state index contributed by atoms with van der Waals surface area (Å²) in [5.74, 6) is 1.72. The predicted molar refractivity (Wildman–Crippen MR) is 74.1 cm³/mol. The van der Waals surface area contributed by atoms with Crippen molar-refractivity contribution in [2.24, 2.45) is 17.3 Å². The maximum absolute atomic E-state index is 9.79. The molecule has 1 heterocycles. The lowest BCUT2D eigenvalue weighted by molar-refractivity contribution is 0.0349. The highest BCUT2D eigenvalue weighted by Gasteiger charge is 2.28. The average molecular weight is 241 g/mol. The van der Waals surface area contributed by atoms with Gasteiger partial charge in [0.15, 0.2) is 0 Å². The number of aliphatic hydroxyl groups excluding tert-OH is 1. The fourth-order valence-electron chi connectivity index (χ4n) is 2.71. The third kappa shape index (κ3) is 4.59. The lowest BCUT2D eigenvalue weighted by atomic mass is 9.86. The first-order chi connectivity index (χ1) is 7.83. The Bertz CT molecular complexity index is 223.